The summed E-state index contributed by atoms with van der Waals surface area (Å²) in [5.74, 6) is -0.476. The Labute approximate surface area is 131 Å². The van der Waals surface area contributed by atoms with Crippen molar-refractivity contribution in [3.05, 3.63) is 65.7 Å². The second kappa shape index (κ2) is 7.22. The second-order valence-corrected chi connectivity index (χ2v) is 6.86. The number of carbonyl (C=O) groups is 1. The van der Waals surface area contributed by atoms with Crippen molar-refractivity contribution < 1.29 is 13.2 Å². The lowest BCUT2D eigenvalue weighted by Crippen LogP contribution is -2.30. The first kappa shape index (κ1) is 16.2. The van der Waals surface area contributed by atoms with Crippen molar-refractivity contribution in [2.75, 3.05) is 0 Å². The highest BCUT2D eigenvalue weighted by molar-refractivity contribution is 7.90. The molecule has 2 aromatic carbocycles. The molecule has 4 nitrogen and oxygen atoms in total. The molecule has 116 valence electrons. The molecular formula is C17H19NO3S. The van der Waals surface area contributed by atoms with Crippen LogP contribution in [0.25, 0.3) is 0 Å². The van der Waals surface area contributed by atoms with Crippen molar-refractivity contribution in [3.63, 3.8) is 0 Å². The van der Waals surface area contributed by atoms with Gasteiger partial charge in [-0.25, -0.2) is 13.1 Å². The smallest absolute Gasteiger partial charge is 0.264 e. The zero-order valence-corrected chi connectivity index (χ0v) is 13.3. The normalized spacial score (nSPS) is 11.1. The van der Waals surface area contributed by atoms with E-state index in [1.807, 2.05) is 31.2 Å². The Balaban J connectivity index is 1.84. The van der Waals surface area contributed by atoms with Gasteiger partial charge in [0.05, 0.1) is 4.90 Å². The summed E-state index contributed by atoms with van der Waals surface area (Å²) in [7, 11) is -3.76. The summed E-state index contributed by atoms with van der Waals surface area (Å²) < 4.78 is 26.1. The first-order valence-corrected chi connectivity index (χ1v) is 8.62. The molecule has 0 aromatic heterocycles. The molecule has 0 heterocycles. The van der Waals surface area contributed by atoms with Crippen LogP contribution in [0.3, 0.4) is 0 Å². The van der Waals surface area contributed by atoms with E-state index in [1.54, 1.807) is 18.2 Å². The average molecular weight is 317 g/mol. The minimum atomic E-state index is -3.76. The third-order valence-electron chi connectivity index (χ3n) is 3.29. The summed E-state index contributed by atoms with van der Waals surface area (Å²) in [6.07, 6.45) is 1.54. The van der Waals surface area contributed by atoms with Gasteiger partial charge in [-0.15, -0.1) is 0 Å². The number of nitrogens with one attached hydrogen (secondary N) is 1. The Morgan fingerprint density at radius 3 is 2.27 bits per heavy atom. The molecule has 0 atom stereocenters. The predicted molar refractivity (Wildman–Crippen MR) is 85.9 cm³/mol. The highest BCUT2D eigenvalue weighted by Crippen LogP contribution is 2.09. The molecule has 22 heavy (non-hydrogen) atoms. The van der Waals surface area contributed by atoms with E-state index in [2.05, 4.69) is 4.72 Å². The highest BCUT2D eigenvalue weighted by atomic mass is 32.2. The molecule has 0 aliphatic carbocycles. The van der Waals surface area contributed by atoms with Gasteiger partial charge in [-0.3, -0.25) is 4.79 Å². The average Bonchev–Trinajstić information content (AvgIpc) is 2.50. The fraction of sp³-hybridized carbons (Fsp3) is 0.235. The Morgan fingerprint density at radius 2 is 1.64 bits per heavy atom. The van der Waals surface area contributed by atoms with E-state index in [9.17, 15) is 13.2 Å². The van der Waals surface area contributed by atoms with E-state index in [1.165, 1.54) is 17.7 Å². The summed E-state index contributed by atoms with van der Waals surface area (Å²) in [5.41, 5.74) is 2.33. The first-order valence-electron chi connectivity index (χ1n) is 7.13. The molecule has 0 unspecified atom stereocenters. The van der Waals surface area contributed by atoms with Gasteiger partial charge in [0.25, 0.3) is 10.0 Å². The fourth-order valence-corrected chi connectivity index (χ4v) is 3.10. The molecule has 0 fully saturated rings. The van der Waals surface area contributed by atoms with Gasteiger partial charge in [0.15, 0.2) is 0 Å². The van der Waals surface area contributed by atoms with E-state index in [-0.39, 0.29) is 11.3 Å². The minimum absolute atomic E-state index is 0.0990. The van der Waals surface area contributed by atoms with Crippen LogP contribution in [0.5, 0.6) is 0 Å². The maximum absolute atomic E-state index is 12.0. The zero-order valence-electron chi connectivity index (χ0n) is 12.5. The van der Waals surface area contributed by atoms with Crippen molar-refractivity contribution in [3.8, 4) is 0 Å². The van der Waals surface area contributed by atoms with Crippen LogP contribution in [0.4, 0.5) is 0 Å². The molecule has 2 rings (SSSR count). The van der Waals surface area contributed by atoms with Gasteiger partial charge in [0, 0.05) is 6.42 Å². The number of aryl methyl sites for hydroxylation is 2. The van der Waals surface area contributed by atoms with Gasteiger partial charge in [-0.05, 0) is 37.5 Å². The molecular weight excluding hydrogens is 298 g/mol. The SMILES string of the molecule is Cc1ccc(CCCC(=O)NS(=O)(=O)c2ccccc2)cc1. The molecule has 1 N–H and O–H groups in total. The van der Waals surface area contributed by atoms with Gasteiger partial charge in [-0.1, -0.05) is 48.0 Å². The quantitative estimate of drug-likeness (QED) is 0.891. The fourth-order valence-electron chi connectivity index (χ4n) is 2.07. The Hall–Kier alpha value is -2.14. The molecule has 0 radical (unpaired) electrons. The summed E-state index contributed by atoms with van der Waals surface area (Å²) in [4.78, 5) is 11.9. The van der Waals surface area contributed by atoms with Gasteiger partial charge < -0.3 is 0 Å². The van der Waals surface area contributed by atoms with Gasteiger partial charge in [0.2, 0.25) is 5.91 Å². The van der Waals surface area contributed by atoms with Crippen molar-refractivity contribution in [1.29, 1.82) is 0 Å². The van der Waals surface area contributed by atoms with E-state index >= 15 is 0 Å². The standard InChI is InChI=1S/C17H19NO3S/c1-14-10-12-15(13-11-14)6-5-9-17(19)18-22(20,21)16-7-3-2-4-8-16/h2-4,7-8,10-13H,5-6,9H2,1H3,(H,18,19). The summed E-state index contributed by atoms with van der Waals surface area (Å²) in [6.45, 7) is 2.02. The maximum Gasteiger partial charge on any atom is 0.264 e. The largest absolute Gasteiger partial charge is 0.274 e. The molecule has 0 spiro atoms. The maximum atomic E-state index is 12.0. The number of rotatable bonds is 6. The third kappa shape index (κ3) is 4.70. The van der Waals surface area contributed by atoms with Gasteiger partial charge >= 0.3 is 0 Å². The monoisotopic (exact) mass is 317 g/mol. The van der Waals surface area contributed by atoms with Crippen molar-refractivity contribution in [2.45, 2.75) is 31.1 Å². The van der Waals surface area contributed by atoms with E-state index in [4.69, 9.17) is 0 Å². The van der Waals surface area contributed by atoms with Crippen LogP contribution < -0.4 is 4.72 Å². The summed E-state index contributed by atoms with van der Waals surface area (Å²) in [5, 5.41) is 0. The van der Waals surface area contributed by atoms with Crippen LogP contribution in [0.2, 0.25) is 0 Å². The van der Waals surface area contributed by atoms with Crippen LogP contribution >= 0.6 is 0 Å². The lowest BCUT2D eigenvalue weighted by molar-refractivity contribution is -0.119. The minimum Gasteiger partial charge on any atom is -0.274 e. The molecule has 0 saturated heterocycles. The highest BCUT2D eigenvalue weighted by Gasteiger charge is 2.16. The van der Waals surface area contributed by atoms with Crippen molar-refractivity contribution >= 4 is 15.9 Å². The molecule has 5 heteroatoms. The van der Waals surface area contributed by atoms with Crippen molar-refractivity contribution in [2.24, 2.45) is 0 Å². The molecule has 0 aliphatic heterocycles. The van der Waals surface area contributed by atoms with E-state index < -0.39 is 15.9 Å². The van der Waals surface area contributed by atoms with Crippen LogP contribution in [0.1, 0.15) is 24.0 Å². The Morgan fingerprint density at radius 1 is 1.00 bits per heavy atom. The topological polar surface area (TPSA) is 63.2 Å². The Bertz CT molecular complexity index is 722. The van der Waals surface area contributed by atoms with E-state index in [0.717, 1.165) is 12.0 Å². The first-order chi connectivity index (χ1) is 10.5. The lowest BCUT2D eigenvalue weighted by Gasteiger charge is -2.07. The number of hydrogen-bond donors (Lipinski definition) is 1. The van der Waals surface area contributed by atoms with Crippen LogP contribution in [0.15, 0.2) is 59.5 Å². The lowest BCUT2D eigenvalue weighted by atomic mass is 10.1. The number of benzene rings is 2. The summed E-state index contributed by atoms with van der Waals surface area (Å²) >= 11 is 0. The van der Waals surface area contributed by atoms with E-state index in [0.29, 0.717) is 6.42 Å². The van der Waals surface area contributed by atoms with Crippen LogP contribution in [-0.2, 0) is 21.2 Å². The molecule has 1 amide bonds. The Kier molecular flexibility index (Phi) is 5.33. The molecule has 0 saturated carbocycles. The molecule has 0 aliphatic rings. The molecule has 0 bridgehead atoms. The molecule has 2 aromatic rings. The van der Waals surface area contributed by atoms with Crippen molar-refractivity contribution in [1.82, 2.24) is 4.72 Å². The third-order valence-corrected chi connectivity index (χ3v) is 4.68. The van der Waals surface area contributed by atoms with Gasteiger partial charge in [-0.2, -0.15) is 0 Å². The van der Waals surface area contributed by atoms with Gasteiger partial charge in [0.1, 0.15) is 0 Å². The number of hydrogen-bond acceptors (Lipinski definition) is 3. The van der Waals surface area contributed by atoms with Crippen LogP contribution in [-0.4, -0.2) is 14.3 Å². The van der Waals surface area contributed by atoms with Crippen LogP contribution in [0, 0.1) is 6.92 Å². The zero-order chi connectivity index (χ0) is 16.0. The number of sulfonamides is 1. The number of amides is 1. The predicted octanol–water partition coefficient (Wildman–Crippen LogP) is 2.82. The number of carbonyl (C=O) groups excluding carboxylic acids is 1. The summed E-state index contributed by atoms with van der Waals surface area (Å²) in [6, 6.07) is 16.0. The second-order valence-electron chi connectivity index (χ2n) is 5.18.